The molecule has 3 N–H and O–H groups in total. The van der Waals surface area contributed by atoms with Gasteiger partial charge in [-0.15, -0.1) is 0 Å². The van der Waals surface area contributed by atoms with Crippen LogP contribution < -0.4 is 5.32 Å². The van der Waals surface area contributed by atoms with Gasteiger partial charge < -0.3 is 53.4 Å². The van der Waals surface area contributed by atoms with Gasteiger partial charge in [0.1, 0.15) is 0 Å². The maximum Gasteiger partial charge on any atom is 0.303 e. The normalized spacial score (nSPS) is 11.1. The van der Waals surface area contributed by atoms with E-state index in [1.54, 1.807) is 0 Å². The lowest BCUT2D eigenvalue weighted by atomic mass is 10.3. The minimum atomic E-state index is -0.982. The SMILES string of the molecule is O=C(O)CCC(=O)NCCCOCCOCCOCCOCCOCCOCCOCCOCCO. The van der Waals surface area contributed by atoms with Gasteiger partial charge >= 0.3 is 5.97 Å². The van der Waals surface area contributed by atoms with Crippen LogP contribution >= 0.6 is 0 Å². The number of aliphatic hydroxyl groups excluding tert-OH is 1. The van der Waals surface area contributed by atoms with E-state index in [9.17, 15) is 9.59 Å². The van der Waals surface area contributed by atoms with Crippen molar-refractivity contribution in [2.75, 3.05) is 119 Å². The molecule has 0 saturated carbocycles. The molecule has 0 radical (unpaired) electrons. The largest absolute Gasteiger partial charge is 0.481 e. The third-order valence-electron chi connectivity index (χ3n) is 4.19. The molecular weight excluding hydrogens is 482 g/mol. The van der Waals surface area contributed by atoms with Crippen molar-refractivity contribution in [3.8, 4) is 0 Å². The predicted octanol–water partition coefficient (Wildman–Crippen LogP) is -0.517. The van der Waals surface area contributed by atoms with Crippen LogP contribution in [0.25, 0.3) is 0 Å². The van der Waals surface area contributed by atoms with E-state index in [4.69, 9.17) is 48.1 Å². The molecule has 0 rings (SSSR count). The van der Waals surface area contributed by atoms with Crippen LogP contribution in [-0.4, -0.2) is 141 Å². The van der Waals surface area contributed by atoms with Crippen LogP contribution in [0.3, 0.4) is 0 Å². The van der Waals surface area contributed by atoms with Crippen molar-refractivity contribution in [1.82, 2.24) is 5.32 Å². The number of hydrogen-bond acceptors (Lipinski definition) is 11. The molecule has 0 bridgehead atoms. The Morgan fingerprint density at radius 3 is 1.17 bits per heavy atom. The zero-order chi connectivity index (χ0) is 26.4. The van der Waals surface area contributed by atoms with Crippen molar-refractivity contribution in [1.29, 1.82) is 0 Å². The second-order valence-corrected chi connectivity index (χ2v) is 7.22. The molecule has 36 heavy (non-hydrogen) atoms. The van der Waals surface area contributed by atoms with Gasteiger partial charge in [0.05, 0.1) is 112 Å². The van der Waals surface area contributed by atoms with Gasteiger partial charge in [0.25, 0.3) is 0 Å². The Bertz CT molecular complexity index is 484. The van der Waals surface area contributed by atoms with Crippen LogP contribution in [0.5, 0.6) is 0 Å². The molecule has 0 aromatic rings. The van der Waals surface area contributed by atoms with Crippen molar-refractivity contribution in [2.24, 2.45) is 0 Å². The van der Waals surface area contributed by atoms with E-state index >= 15 is 0 Å². The molecule has 0 saturated heterocycles. The van der Waals surface area contributed by atoms with Crippen LogP contribution in [0.1, 0.15) is 19.3 Å². The Kier molecular flexibility index (Phi) is 28.6. The topological polar surface area (TPSA) is 160 Å². The summed E-state index contributed by atoms with van der Waals surface area (Å²) in [6, 6.07) is 0. The quantitative estimate of drug-likeness (QED) is 0.103. The maximum absolute atomic E-state index is 11.3. The molecule has 13 nitrogen and oxygen atoms in total. The number of carboxylic acid groups (broad SMARTS) is 1. The highest BCUT2D eigenvalue weighted by molar-refractivity contribution is 5.80. The Morgan fingerprint density at radius 2 is 0.833 bits per heavy atom. The molecule has 0 aliphatic rings. The van der Waals surface area contributed by atoms with Crippen LogP contribution in [0.15, 0.2) is 0 Å². The van der Waals surface area contributed by atoms with Crippen molar-refractivity contribution >= 4 is 11.9 Å². The molecule has 0 spiro atoms. The zero-order valence-corrected chi connectivity index (χ0v) is 21.3. The lowest BCUT2D eigenvalue weighted by molar-refractivity contribution is -0.138. The molecule has 0 fully saturated rings. The highest BCUT2D eigenvalue weighted by Gasteiger charge is 2.04. The molecule has 1 amide bonds. The standard InChI is InChI=1S/C23H45NO12/c25-5-7-30-9-11-32-13-15-34-17-19-36-21-20-35-18-16-33-14-12-31-10-8-29-6-1-4-24-22(26)2-3-23(27)28/h25H,1-21H2,(H,24,26)(H,27,28). The van der Waals surface area contributed by atoms with Crippen LogP contribution in [0.4, 0.5) is 0 Å². The first-order valence-electron chi connectivity index (χ1n) is 12.4. The fourth-order valence-electron chi connectivity index (χ4n) is 2.42. The maximum atomic E-state index is 11.3. The zero-order valence-electron chi connectivity index (χ0n) is 21.3. The molecular formula is C23H45NO12. The molecule has 0 aromatic heterocycles. The summed E-state index contributed by atoms with van der Waals surface area (Å²) in [4.78, 5) is 21.7. The number of carboxylic acids is 1. The van der Waals surface area contributed by atoms with E-state index in [0.29, 0.717) is 119 Å². The van der Waals surface area contributed by atoms with Crippen LogP contribution in [-0.2, 0) is 47.5 Å². The molecule has 0 aliphatic carbocycles. The smallest absolute Gasteiger partial charge is 0.303 e. The van der Waals surface area contributed by atoms with Gasteiger partial charge in [-0.2, -0.15) is 0 Å². The fraction of sp³-hybridized carbons (Fsp3) is 0.913. The minimum absolute atomic E-state index is 0.00798. The molecule has 0 heterocycles. The molecule has 13 heteroatoms. The third-order valence-corrected chi connectivity index (χ3v) is 4.19. The predicted molar refractivity (Wildman–Crippen MR) is 128 cm³/mol. The lowest BCUT2D eigenvalue weighted by Gasteiger charge is -2.09. The summed E-state index contributed by atoms with van der Waals surface area (Å²) in [6.07, 6.45) is 0.484. The highest BCUT2D eigenvalue weighted by Crippen LogP contribution is 1.90. The number of aliphatic hydroxyl groups is 1. The second-order valence-electron chi connectivity index (χ2n) is 7.22. The van der Waals surface area contributed by atoms with Gasteiger partial charge in [0, 0.05) is 19.6 Å². The van der Waals surface area contributed by atoms with E-state index in [1.165, 1.54) is 0 Å². The highest BCUT2D eigenvalue weighted by atomic mass is 16.6. The molecule has 0 atom stereocenters. The number of carbonyl (C=O) groups is 2. The Hall–Kier alpha value is -1.42. The van der Waals surface area contributed by atoms with Gasteiger partial charge in [0.2, 0.25) is 5.91 Å². The number of hydrogen-bond donors (Lipinski definition) is 3. The number of carbonyl (C=O) groups excluding carboxylic acids is 1. The van der Waals surface area contributed by atoms with Crippen molar-refractivity contribution in [3.63, 3.8) is 0 Å². The van der Waals surface area contributed by atoms with Crippen molar-refractivity contribution in [2.45, 2.75) is 19.3 Å². The molecule has 0 unspecified atom stereocenters. The summed E-state index contributed by atoms with van der Waals surface area (Å²) < 4.78 is 42.7. The van der Waals surface area contributed by atoms with Crippen molar-refractivity contribution in [3.05, 3.63) is 0 Å². The second kappa shape index (κ2) is 29.8. The van der Waals surface area contributed by atoms with Gasteiger partial charge in [0.15, 0.2) is 0 Å². The molecule has 0 aromatic carbocycles. The number of ether oxygens (including phenoxy) is 8. The number of amides is 1. The number of nitrogens with one attached hydrogen (secondary N) is 1. The summed E-state index contributed by atoms with van der Waals surface area (Å²) in [5, 5.41) is 19.7. The number of aliphatic carboxylic acids is 1. The first-order valence-corrected chi connectivity index (χ1v) is 12.4. The monoisotopic (exact) mass is 527 g/mol. The minimum Gasteiger partial charge on any atom is -0.481 e. The fourth-order valence-corrected chi connectivity index (χ4v) is 2.42. The summed E-state index contributed by atoms with van der Waals surface area (Å²) in [5.74, 6) is -1.25. The Balaban J connectivity index is 3.07. The van der Waals surface area contributed by atoms with Gasteiger partial charge in [-0.3, -0.25) is 9.59 Å². The average Bonchev–Trinajstić information content (AvgIpc) is 2.87. The van der Waals surface area contributed by atoms with E-state index in [2.05, 4.69) is 5.32 Å². The van der Waals surface area contributed by atoms with E-state index in [1.807, 2.05) is 0 Å². The van der Waals surface area contributed by atoms with Gasteiger partial charge in [-0.05, 0) is 6.42 Å². The average molecular weight is 528 g/mol. The third kappa shape index (κ3) is 30.6. The first-order chi connectivity index (χ1) is 17.7. The van der Waals surface area contributed by atoms with E-state index < -0.39 is 5.97 Å². The Morgan fingerprint density at radius 1 is 0.500 bits per heavy atom. The number of rotatable bonds is 30. The van der Waals surface area contributed by atoms with Gasteiger partial charge in [-0.1, -0.05) is 0 Å². The summed E-state index contributed by atoms with van der Waals surface area (Å²) in [5.41, 5.74) is 0. The van der Waals surface area contributed by atoms with Crippen LogP contribution in [0.2, 0.25) is 0 Å². The molecule has 214 valence electrons. The van der Waals surface area contributed by atoms with Crippen LogP contribution in [0, 0.1) is 0 Å². The first kappa shape index (κ1) is 34.6. The summed E-state index contributed by atoms with van der Waals surface area (Å²) in [7, 11) is 0. The molecule has 0 aliphatic heterocycles. The summed E-state index contributed by atoms with van der Waals surface area (Å²) in [6.45, 7) is 7.99. The van der Waals surface area contributed by atoms with E-state index in [-0.39, 0.29) is 25.4 Å². The van der Waals surface area contributed by atoms with Gasteiger partial charge in [-0.25, -0.2) is 0 Å². The lowest BCUT2D eigenvalue weighted by Crippen LogP contribution is -2.25. The summed E-state index contributed by atoms with van der Waals surface area (Å²) >= 11 is 0. The van der Waals surface area contributed by atoms with Crippen molar-refractivity contribution < 1.29 is 57.7 Å². The Labute approximate surface area is 213 Å². The van der Waals surface area contributed by atoms with E-state index in [0.717, 1.165) is 0 Å².